The Balaban J connectivity index is 1.12. The van der Waals surface area contributed by atoms with Crippen molar-refractivity contribution in [2.75, 3.05) is 0 Å². The van der Waals surface area contributed by atoms with E-state index in [9.17, 15) is 0 Å². The van der Waals surface area contributed by atoms with Gasteiger partial charge in [-0.2, -0.15) is 0 Å². The van der Waals surface area contributed by atoms with Gasteiger partial charge >= 0.3 is 0 Å². The van der Waals surface area contributed by atoms with E-state index in [1.54, 1.807) is 0 Å². The molecule has 0 fully saturated rings. The van der Waals surface area contributed by atoms with Gasteiger partial charge in [0.2, 0.25) is 0 Å². The molecule has 0 N–H and O–H groups in total. The van der Waals surface area contributed by atoms with Crippen LogP contribution in [0, 0.1) is 13.8 Å². The molecule has 8 aromatic carbocycles. The first-order chi connectivity index (χ1) is 32.3. The zero-order valence-electron chi connectivity index (χ0n) is 39.1. The maximum atomic E-state index is 6.94. The van der Waals surface area contributed by atoms with Crippen LogP contribution in [0.25, 0.3) is 106 Å². The molecule has 0 saturated heterocycles. The predicted octanol–water partition coefficient (Wildman–Crippen LogP) is 13.0. The molecule has 0 aliphatic carbocycles. The van der Waals surface area contributed by atoms with Crippen molar-refractivity contribution < 1.29 is 4.42 Å². The SMILES string of the molecule is Cc1cccc(C)c1-c1nc2c3oc4ccc(C(C)(C)C)cc4c3cc3c2n1-c1cccc2c1B3c1cc(C(C)(C)C)cc3nc(-c4ccc5c6ccccc6n(-c6ccccc6)c5c4)n-2c13. The van der Waals surface area contributed by atoms with Crippen molar-refractivity contribution in [3.63, 3.8) is 0 Å². The van der Waals surface area contributed by atoms with Gasteiger partial charge in [0.15, 0.2) is 5.58 Å². The average molecular weight is 866 g/mol. The Kier molecular flexibility index (Phi) is 7.52. The van der Waals surface area contributed by atoms with Crippen LogP contribution in [0.2, 0.25) is 0 Å². The van der Waals surface area contributed by atoms with Crippen LogP contribution >= 0.6 is 0 Å². The monoisotopic (exact) mass is 865 g/mol. The summed E-state index contributed by atoms with van der Waals surface area (Å²) in [4.78, 5) is 11.4. The molecule has 7 heteroatoms. The molecular formula is C60H48BN5O. The van der Waals surface area contributed by atoms with Crippen molar-refractivity contribution >= 4 is 88.9 Å². The fourth-order valence-corrected chi connectivity index (χ4v) is 11.8. The van der Waals surface area contributed by atoms with E-state index in [4.69, 9.17) is 14.4 Å². The molecule has 0 atom stereocenters. The quantitative estimate of drug-likeness (QED) is 0.166. The number of benzene rings is 8. The van der Waals surface area contributed by atoms with Crippen LogP contribution < -0.4 is 16.4 Å². The Bertz CT molecular complexity index is 4130. The van der Waals surface area contributed by atoms with Crippen molar-refractivity contribution in [1.82, 2.24) is 23.7 Å². The molecule has 0 spiro atoms. The van der Waals surface area contributed by atoms with Crippen LogP contribution in [0.5, 0.6) is 0 Å². The highest BCUT2D eigenvalue weighted by atomic mass is 16.3. The van der Waals surface area contributed by atoms with Crippen LogP contribution in [0.1, 0.15) is 63.8 Å². The van der Waals surface area contributed by atoms with Crippen LogP contribution in [0.15, 0.2) is 150 Å². The van der Waals surface area contributed by atoms with Gasteiger partial charge in [0.1, 0.15) is 22.7 Å². The third-order valence-electron chi connectivity index (χ3n) is 15.0. The molecule has 0 amide bonds. The minimum absolute atomic E-state index is 0.0256. The van der Waals surface area contributed by atoms with Gasteiger partial charge < -0.3 is 8.98 Å². The molecule has 12 aromatic rings. The fourth-order valence-electron chi connectivity index (χ4n) is 11.8. The van der Waals surface area contributed by atoms with Gasteiger partial charge in [-0.3, -0.25) is 9.13 Å². The van der Waals surface area contributed by atoms with Crippen molar-refractivity contribution in [2.24, 2.45) is 0 Å². The third kappa shape index (κ3) is 5.17. The Morgan fingerprint density at radius 3 is 1.96 bits per heavy atom. The van der Waals surface area contributed by atoms with E-state index in [1.165, 1.54) is 54.9 Å². The minimum atomic E-state index is -0.126. The lowest BCUT2D eigenvalue weighted by atomic mass is 9.34. The van der Waals surface area contributed by atoms with Gasteiger partial charge in [-0.05, 0) is 118 Å². The zero-order chi connectivity index (χ0) is 45.4. The highest BCUT2D eigenvalue weighted by molar-refractivity contribution is 7.00. The van der Waals surface area contributed by atoms with Crippen LogP contribution in [0.4, 0.5) is 0 Å². The summed E-state index contributed by atoms with van der Waals surface area (Å²) in [6.07, 6.45) is 0. The van der Waals surface area contributed by atoms with E-state index in [1.807, 2.05) is 0 Å². The molecule has 2 aliphatic rings. The molecule has 0 unspecified atom stereocenters. The molecule has 322 valence electrons. The maximum absolute atomic E-state index is 6.94. The summed E-state index contributed by atoms with van der Waals surface area (Å²) in [5, 5.41) is 4.69. The summed E-state index contributed by atoms with van der Waals surface area (Å²) in [6, 6.07) is 53.8. The Morgan fingerprint density at radius 1 is 0.507 bits per heavy atom. The first-order valence-electron chi connectivity index (χ1n) is 23.6. The second-order valence-electron chi connectivity index (χ2n) is 21.2. The molecule has 4 aromatic heterocycles. The lowest BCUT2D eigenvalue weighted by Crippen LogP contribution is -2.59. The number of aromatic nitrogens is 5. The molecule has 6 nitrogen and oxygen atoms in total. The molecule has 0 radical (unpaired) electrons. The Morgan fingerprint density at radius 2 is 1.19 bits per heavy atom. The molecule has 67 heavy (non-hydrogen) atoms. The van der Waals surface area contributed by atoms with Gasteiger partial charge in [0, 0.05) is 49.7 Å². The van der Waals surface area contributed by atoms with Gasteiger partial charge in [0.25, 0.3) is 6.71 Å². The maximum Gasteiger partial charge on any atom is 0.252 e. The number of rotatable bonds is 3. The largest absolute Gasteiger partial charge is 0.454 e. The third-order valence-corrected chi connectivity index (χ3v) is 15.0. The summed E-state index contributed by atoms with van der Waals surface area (Å²) in [6.45, 7) is 18.1. The molecule has 0 saturated carbocycles. The summed E-state index contributed by atoms with van der Waals surface area (Å²) in [5.41, 5.74) is 22.4. The molecular weight excluding hydrogens is 818 g/mol. The number of fused-ring (bicyclic) bond motifs is 11. The Hall–Kier alpha value is -7.64. The zero-order valence-corrected chi connectivity index (χ0v) is 39.1. The molecule has 0 bridgehead atoms. The van der Waals surface area contributed by atoms with Crippen molar-refractivity contribution in [2.45, 2.75) is 66.2 Å². The first kappa shape index (κ1) is 38.6. The summed E-state index contributed by atoms with van der Waals surface area (Å²) in [5.74, 6) is 1.87. The summed E-state index contributed by atoms with van der Waals surface area (Å²) in [7, 11) is 0. The first-order valence-corrected chi connectivity index (χ1v) is 23.6. The average Bonchev–Trinajstić information content (AvgIpc) is 4.08. The number of hydrogen-bond donors (Lipinski definition) is 0. The van der Waals surface area contributed by atoms with E-state index < -0.39 is 0 Å². The van der Waals surface area contributed by atoms with Gasteiger partial charge in [-0.1, -0.05) is 133 Å². The van der Waals surface area contributed by atoms with E-state index in [2.05, 4.69) is 215 Å². The Labute approximate surface area is 389 Å². The highest BCUT2D eigenvalue weighted by Gasteiger charge is 2.43. The van der Waals surface area contributed by atoms with Gasteiger partial charge in [0.05, 0.1) is 27.6 Å². The summed E-state index contributed by atoms with van der Waals surface area (Å²) < 4.78 is 14.3. The number of hydrogen-bond acceptors (Lipinski definition) is 3. The van der Waals surface area contributed by atoms with Gasteiger partial charge in [-0.15, -0.1) is 0 Å². The van der Waals surface area contributed by atoms with Crippen LogP contribution in [-0.4, -0.2) is 30.4 Å². The lowest BCUT2D eigenvalue weighted by molar-refractivity contribution is 0.590. The second-order valence-corrected chi connectivity index (χ2v) is 21.2. The van der Waals surface area contributed by atoms with Crippen LogP contribution in [-0.2, 0) is 10.8 Å². The molecule has 2 aliphatic heterocycles. The molecule has 14 rings (SSSR count). The number of imidazole rings is 2. The number of nitrogens with zero attached hydrogens (tertiary/aromatic N) is 5. The number of furan rings is 1. The summed E-state index contributed by atoms with van der Waals surface area (Å²) >= 11 is 0. The molecule has 6 heterocycles. The fraction of sp³-hybridized carbons (Fsp3) is 0.167. The van der Waals surface area contributed by atoms with Crippen molar-refractivity contribution in [3.8, 4) is 39.8 Å². The van der Waals surface area contributed by atoms with E-state index in [0.29, 0.717) is 0 Å². The number of aryl methyl sites for hydroxylation is 2. The predicted molar refractivity (Wildman–Crippen MR) is 280 cm³/mol. The van der Waals surface area contributed by atoms with E-state index in [0.717, 1.165) is 89.4 Å². The lowest BCUT2D eigenvalue weighted by Gasteiger charge is -2.34. The normalized spacial score (nSPS) is 13.3. The van der Waals surface area contributed by atoms with Crippen molar-refractivity contribution in [3.05, 3.63) is 168 Å². The second kappa shape index (κ2) is 13.0. The standard InChI is InChI=1S/C60H48BN5O/c1-33-16-14-17-34(2)51(33)58-63-53-55-44(32-42-41-29-36(59(3,4)5)25-27-50(41)67-56(42)53)61-43-30-37(60(6,7)8)31-45-54(43)65(47-22-15-23-48(52(47)61)66(55)58)57(62-45)35-24-26-40-39-20-12-13-21-46(39)64(49(40)28-35)38-18-10-9-11-19-38/h9-32H,1-8H3. The van der Waals surface area contributed by atoms with Gasteiger partial charge in [-0.25, -0.2) is 9.97 Å². The highest BCUT2D eigenvalue weighted by Crippen LogP contribution is 2.44. The smallest absolute Gasteiger partial charge is 0.252 e. The number of para-hydroxylation sites is 2. The van der Waals surface area contributed by atoms with E-state index >= 15 is 0 Å². The topological polar surface area (TPSA) is 53.7 Å². The van der Waals surface area contributed by atoms with Crippen molar-refractivity contribution in [1.29, 1.82) is 0 Å². The minimum Gasteiger partial charge on any atom is -0.454 e. The van der Waals surface area contributed by atoms with E-state index in [-0.39, 0.29) is 17.5 Å². The van der Waals surface area contributed by atoms with Crippen LogP contribution in [0.3, 0.4) is 0 Å².